The van der Waals surface area contributed by atoms with Crippen LogP contribution in [0.15, 0.2) is 35.2 Å². The van der Waals surface area contributed by atoms with Crippen LogP contribution in [0.2, 0.25) is 0 Å². The number of hydrogen-bond donors (Lipinski definition) is 1. The van der Waals surface area contributed by atoms with Crippen molar-refractivity contribution in [1.82, 2.24) is 14.7 Å². The van der Waals surface area contributed by atoms with E-state index in [0.29, 0.717) is 0 Å². The molecule has 0 fully saturated rings. The first-order chi connectivity index (χ1) is 12.0. The Hall–Kier alpha value is -2.45. The topological polar surface area (TPSA) is 98.3 Å². The molecule has 0 saturated carbocycles. The molecular formula is C18H24N4O3S. The van der Waals surface area contributed by atoms with Gasteiger partial charge in [-0.2, -0.15) is 5.10 Å². The fourth-order valence-electron chi connectivity index (χ4n) is 2.65. The molecule has 7 nitrogen and oxygen atoms in total. The zero-order chi connectivity index (χ0) is 19.6. The van der Waals surface area contributed by atoms with Gasteiger partial charge in [-0.1, -0.05) is 12.1 Å². The molecule has 0 saturated heterocycles. The SMILES string of the molecule is Cc1nn(C)c(C)c1/C=C/C(=O)N(C)C(C)c1ccc(S(N)(=O)=O)cc1. The summed E-state index contributed by atoms with van der Waals surface area (Å²) in [5.41, 5.74) is 3.60. The summed E-state index contributed by atoms with van der Waals surface area (Å²) in [4.78, 5) is 14.1. The van der Waals surface area contributed by atoms with Gasteiger partial charge in [-0.3, -0.25) is 9.48 Å². The largest absolute Gasteiger partial charge is 0.335 e. The van der Waals surface area contributed by atoms with E-state index in [4.69, 9.17) is 5.14 Å². The van der Waals surface area contributed by atoms with Crippen LogP contribution in [0, 0.1) is 13.8 Å². The highest BCUT2D eigenvalue weighted by Gasteiger charge is 2.17. The van der Waals surface area contributed by atoms with Crippen LogP contribution in [0.3, 0.4) is 0 Å². The Morgan fingerprint density at radius 2 is 1.85 bits per heavy atom. The Morgan fingerprint density at radius 3 is 2.31 bits per heavy atom. The van der Waals surface area contributed by atoms with Gasteiger partial charge in [0.05, 0.1) is 16.6 Å². The van der Waals surface area contributed by atoms with Crippen molar-refractivity contribution < 1.29 is 13.2 Å². The Morgan fingerprint density at radius 1 is 1.27 bits per heavy atom. The predicted octanol–water partition coefficient (Wildman–Crippen LogP) is 1.92. The number of rotatable bonds is 5. The highest BCUT2D eigenvalue weighted by atomic mass is 32.2. The van der Waals surface area contributed by atoms with Crippen LogP contribution in [0.4, 0.5) is 0 Å². The summed E-state index contributed by atoms with van der Waals surface area (Å²) in [5, 5.41) is 9.43. The number of aryl methyl sites for hydroxylation is 2. The number of aromatic nitrogens is 2. The predicted molar refractivity (Wildman–Crippen MR) is 101 cm³/mol. The summed E-state index contributed by atoms with van der Waals surface area (Å²) in [6.07, 6.45) is 3.29. The lowest BCUT2D eigenvalue weighted by atomic mass is 10.1. The summed E-state index contributed by atoms with van der Waals surface area (Å²) < 4.78 is 24.4. The lowest BCUT2D eigenvalue weighted by Crippen LogP contribution is -2.28. The number of carbonyl (C=O) groups excluding carboxylic acids is 1. The molecule has 0 bridgehead atoms. The quantitative estimate of drug-likeness (QED) is 0.806. The van der Waals surface area contributed by atoms with E-state index in [-0.39, 0.29) is 16.8 Å². The maximum atomic E-state index is 12.5. The second-order valence-electron chi connectivity index (χ2n) is 6.28. The molecule has 1 aromatic carbocycles. The average Bonchev–Trinajstić information content (AvgIpc) is 2.83. The Kier molecular flexibility index (Phi) is 5.68. The van der Waals surface area contributed by atoms with Gasteiger partial charge in [0.15, 0.2) is 0 Å². The molecule has 1 amide bonds. The molecule has 1 atom stereocenters. The van der Waals surface area contributed by atoms with Crippen molar-refractivity contribution >= 4 is 22.0 Å². The second kappa shape index (κ2) is 7.43. The average molecular weight is 376 g/mol. The van der Waals surface area contributed by atoms with Crippen molar-refractivity contribution in [3.05, 3.63) is 52.9 Å². The molecule has 8 heteroatoms. The molecule has 0 radical (unpaired) electrons. The van der Waals surface area contributed by atoms with Crippen LogP contribution in [0.1, 0.15) is 35.5 Å². The fourth-order valence-corrected chi connectivity index (χ4v) is 3.17. The van der Waals surface area contributed by atoms with Gasteiger partial charge >= 0.3 is 0 Å². The van der Waals surface area contributed by atoms with E-state index in [1.165, 1.54) is 18.2 Å². The van der Waals surface area contributed by atoms with E-state index < -0.39 is 10.0 Å². The summed E-state index contributed by atoms with van der Waals surface area (Å²) in [7, 11) is -0.163. The highest BCUT2D eigenvalue weighted by Crippen LogP contribution is 2.21. The van der Waals surface area contributed by atoms with Crippen LogP contribution < -0.4 is 5.14 Å². The molecule has 1 aromatic heterocycles. The molecule has 2 aromatic rings. The number of carbonyl (C=O) groups is 1. The molecule has 0 aliphatic rings. The molecule has 0 spiro atoms. The standard InChI is InChI=1S/C18H24N4O3S/c1-12-17(14(3)22(5)20-12)10-11-18(23)21(4)13(2)15-6-8-16(9-7-15)26(19,24)25/h6-11,13H,1-5H3,(H2,19,24,25)/b11-10+. The Balaban J connectivity index is 2.15. The van der Waals surface area contributed by atoms with Gasteiger partial charge in [0.1, 0.15) is 0 Å². The number of nitrogens with zero attached hydrogens (tertiary/aromatic N) is 3. The van der Waals surface area contributed by atoms with Gasteiger partial charge in [0, 0.05) is 31.4 Å². The molecule has 0 aliphatic carbocycles. The summed E-state index contributed by atoms with van der Waals surface area (Å²) >= 11 is 0. The summed E-state index contributed by atoms with van der Waals surface area (Å²) in [5.74, 6) is -0.157. The van der Waals surface area contributed by atoms with E-state index in [1.807, 2.05) is 27.8 Å². The number of nitrogens with two attached hydrogens (primary N) is 1. The minimum atomic E-state index is -3.73. The first-order valence-electron chi connectivity index (χ1n) is 8.10. The first kappa shape index (κ1) is 19.9. The van der Waals surface area contributed by atoms with Crippen molar-refractivity contribution in [2.24, 2.45) is 12.2 Å². The Labute approximate surface area is 154 Å². The van der Waals surface area contributed by atoms with Crippen molar-refractivity contribution in [2.45, 2.75) is 31.7 Å². The fraction of sp³-hybridized carbons (Fsp3) is 0.333. The summed E-state index contributed by atoms with van der Waals surface area (Å²) in [6.45, 7) is 5.72. The lowest BCUT2D eigenvalue weighted by Gasteiger charge is -2.24. The third-order valence-corrected chi connectivity index (χ3v) is 5.51. The normalized spacial score (nSPS) is 13.2. The van der Waals surface area contributed by atoms with Crippen LogP contribution in [-0.4, -0.2) is 36.1 Å². The number of hydrogen-bond acceptors (Lipinski definition) is 4. The smallest absolute Gasteiger partial charge is 0.246 e. The number of benzene rings is 1. The molecule has 1 unspecified atom stereocenters. The van der Waals surface area contributed by atoms with Crippen molar-refractivity contribution in [1.29, 1.82) is 0 Å². The third-order valence-electron chi connectivity index (χ3n) is 4.58. The minimum absolute atomic E-state index is 0.0462. The molecule has 0 aliphatic heterocycles. The van der Waals surface area contributed by atoms with E-state index >= 15 is 0 Å². The highest BCUT2D eigenvalue weighted by molar-refractivity contribution is 7.89. The molecule has 2 rings (SSSR count). The van der Waals surface area contributed by atoms with Gasteiger partial charge in [-0.25, -0.2) is 13.6 Å². The van der Waals surface area contributed by atoms with Crippen LogP contribution >= 0.6 is 0 Å². The maximum Gasteiger partial charge on any atom is 0.246 e. The van der Waals surface area contributed by atoms with Gasteiger partial charge in [-0.05, 0) is 44.5 Å². The van der Waals surface area contributed by atoms with E-state index in [2.05, 4.69) is 5.10 Å². The number of likely N-dealkylation sites (N-methyl/N-ethyl adjacent to an activating group) is 1. The second-order valence-corrected chi connectivity index (χ2v) is 7.84. The molecule has 140 valence electrons. The van der Waals surface area contributed by atoms with E-state index in [0.717, 1.165) is 22.5 Å². The lowest BCUT2D eigenvalue weighted by molar-refractivity contribution is -0.126. The summed E-state index contributed by atoms with van der Waals surface area (Å²) in [6, 6.07) is 5.98. The van der Waals surface area contributed by atoms with Crippen LogP contribution in [-0.2, 0) is 21.9 Å². The molecule has 1 heterocycles. The number of primary sulfonamides is 1. The van der Waals surface area contributed by atoms with E-state index in [9.17, 15) is 13.2 Å². The van der Waals surface area contributed by atoms with Gasteiger partial charge < -0.3 is 4.90 Å². The number of sulfonamides is 1. The Bertz CT molecular complexity index is 944. The van der Waals surface area contributed by atoms with Crippen LogP contribution in [0.25, 0.3) is 6.08 Å². The molecule has 26 heavy (non-hydrogen) atoms. The number of amides is 1. The van der Waals surface area contributed by atoms with Gasteiger partial charge in [0.2, 0.25) is 15.9 Å². The molecule has 2 N–H and O–H groups in total. The van der Waals surface area contributed by atoms with Crippen LogP contribution in [0.5, 0.6) is 0 Å². The monoisotopic (exact) mass is 376 g/mol. The van der Waals surface area contributed by atoms with E-state index in [1.54, 1.807) is 34.8 Å². The zero-order valence-electron chi connectivity index (χ0n) is 15.6. The third kappa shape index (κ3) is 4.20. The van der Waals surface area contributed by atoms with Crippen molar-refractivity contribution in [3.8, 4) is 0 Å². The van der Waals surface area contributed by atoms with Crippen molar-refractivity contribution in [2.75, 3.05) is 7.05 Å². The first-order valence-corrected chi connectivity index (χ1v) is 9.65. The minimum Gasteiger partial charge on any atom is -0.335 e. The van der Waals surface area contributed by atoms with Gasteiger partial charge in [0.25, 0.3) is 0 Å². The maximum absolute atomic E-state index is 12.5. The zero-order valence-corrected chi connectivity index (χ0v) is 16.4. The molecular weight excluding hydrogens is 352 g/mol. The van der Waals surface area contributed by atoms with Crippen molar-refractivity contribution in [3.63, 3.8) is 0 Å². The van der Waals surface area contributed by atoms with Gasteiger partial charge in [-0.15, -0.1) is 0 Å².